The summed E-state index contributed by atoms with van der Waals surface area (Å²) in [5.74, 6) is -3.38. The van der Waals surface area contributed by atoms with E-state index in [2.05, 4.69) is 23.3 Å². The Morgan fingerprint density at radius 3 is 2.09 bits per heavy atom. The fraction of sp³-hybridized carbons (Fsp3) is 0.692. The molecule has 0 aliphatic carbocycles. The molecule has 0 saturated carbocycles. The zero-order chi connectivity index (χ0) is 18.2. The van der Waals surface area contributed by atoms with Gasteiger partial charge in [0.15, 0.2) is 0 Å². The largest absolute Gasteiger partial charge is 0.480 e. The van der Waals surface area contributed by atoms with Gasteiger partial charge in [-0.05, 0) is 12.3 Å². The number of nitrogens with two attached hydrogens (primary N) is 2. The van der Waals surface area contributed by atoms with Crippen molar-refractivity contribution in [2.24, 2.45) is 17.4 Å². The van der Waals surface area contributed by atoms with Crippen LogP contribution < -0.4 is 22.1 Å². The minimum absolute atomic E-state index is 0.106. The van der Waals surface area contributed by atoms with Crippen LogP contribution in [0.15, 0.2) is 0 Å². The van der Waals surface area contributed by atoms with Crippen LogP contribution in [0.5, 0.6) is 0 Å². The Morgan fingerprint density at radius 1 is 1.13 bits per heavy atom. The molecular weight excluding hydrogens is 324 g/mol. The van der Waals surface area contributed by atoms with Crippen LogP contribution in [0.1, 0.15) is 26.7 Å². The Kier molecular flexibility index (Phi) is 9.27. The Bertz CT molecular complexity index is 458. The van der Waals surface area contributed by atoms with Crippen molar-refractivity contribution in [2.75, 3.05) is 5.75 Å². The first-order valence-corrected chi connectivity index (χ1v) is 7.71. The van der Waals surface area contributed by atoms with Crippen molar-refractivity contribution in [1.82, 2.24) is 10.6 Å². The number of nitrogens with one attached hydrogen (secondary N) is 2. The van der Waals surface area contributed by atoms with Crippen LogP contribution in [0.3, 0.4) is 0 Å². The third kappa shape index (κ3) is 7.84. The van der Waals surface area contributed by atoms with Crippen LogP contribution in [0.2, 0.25) is 0 Å². The topological polar surface area (TPSA) is 165 Å². The highest BCUT2D eigenvalue weighted by molar-refractivity contribution is 7.80. The van der Waals surface area contributed by atoms with Gasteiger partial charge in [-0.1, -0.05) is 13.8 Å². The van der Waals surface area contributed by atoms with Gasteiger partial charge in [0.1, 0.15) is 12.1 Å². The molecular formula is C13H24N4O5S. The highest BCUT2D eigenvalue weighted by Crippen LogP contribution is 2.05. The quantitative estimate of drug-likeness (QED) is 0.255. The van der Waals surface area contributed by atoms with Gasteiger partial charge in [0.2, 0.25) is 17.7 Å². The number of carbonyl (C=O) groups is 4. The summed E-state index contributed by atoms with van der Waals surface area (Å²) < 4.78 is 0. The van der Waals surface area contributed by atoms with E-state index >= 15 is 0 Å². The Hall–Kier alpha value is -1.81. The van der Waals surface area contributed by atoms with Gasteiger partial charge in [0.05, 0.1) is 6.04 Å². The molecule has 3 atom stereocenters. The number of thiol groups is 1. The van der Waals surface area contributed by atoms with Crippen LogP contribution in [0, 0.1) is 5.92 Å². The first-order chi connectivity index (χ1) is 10.6. The average Bonchev–Trinajstić information content (AvgIpc) is 2.46. The van der Waals surface area contributed by atoms with E-state index in [1.165, 1.54) is 0 Å². The summed E-state index contributed by atoms with van der Waals surface area (Å²) in [6.07, 6.45) is -0.314. The molecule has 0 heterocycles. The molecule has 0 aliphatic rings. The zero-order valence-electron chi connectivity index (χ0n) is 13.1. The first kappa shape index (κ1) is 21.2. The van der Waals surface area contributed by atoms with Gasteiger partial charge in [-0.15, -0.1) is 0 Å². The molecule has 0 radical (unpaired) electrons. The number of aliphatic carboxylic acids is 1. The van der Waals surface area contributed by atoms with E-state index in [0.717, 1.165) is 0 Å². The number of carbonyl (C=O) groups excluding carboxylic acids is 3. The lowest BCUT2D eigenvalue weighted by molar-refractivity contribution is -0.142. The van der Waals surface area contributed by atoms with Crippen molar-refractivity contribution in [2.45, 2.75) is 44.8 Å². The van der Waals surface area contributed by atoms with E-state index in [-0.39, 0.29) is 24.5 Å². The van der Waals surface area contributed by atoms with E-state index in [0.29, 0.717) is 0 Å². The number of carboxylic acid groups (broad SMARTS) is 1. The van der Waals surface area contributed by atoms with E-state index < -0.39 is 41.8 Å². The van der Waals surface area contributed by atoms with Crippen LogP contribution in [-0.4, -0.2) is 52.7 Å². The molecule has 0 fully saturated rings. The van der Waals surface area contributed by atoms with E-state index in [1.807, 2.05) is 0 Å². The second-order valence-corrected chi connectivity index (χ2v) is 5.79. The molecule has 0 bridgehead atoms. The normalized spacial score (nSPS) is 14.7. The molecule has 3 unspecified atom stereocenters. The maximum Gasteiger partial charge on any atom is 0.326 e. The maximum atomic E-state index is 12.2. The van der Waals surface area contributed by atoms with E-state index in [4.69, 9.17) is 16.6 Å². The van der Waals surface area contributed by atoms with Crippen molar-refractivity contribution in [3.63, 3.8) is 0 Å². The molecule has 0 aromatic rings. The van der Waals surface area contributed by atoms with Crippen LogP contribution in [0.4, 0.5) is 0 Å². The predicted molar refractivity (Wildman–Crippen MR) is 86.6 cm³/mol. The number of hydrogen-bond acceptors (Lipinski definition) is 6. The van der Waals surface area contributed by atoms with Crippen molar-refractivity contribution < 1.29 is 24.3 Å². The predicted octanol–water partition coefficient (Wildman–Crippen LogP) is -1.78. The lowest BCUT2D eigenvalue weighted by Crippen LogP contribution is -2.56. The standard InChI is InChI=1S/C13H24N4O5S/c1-6(2)10(17-11(19)7(14)5-23)12(20)16-8(13(21)22)3-4-9(15)18/h6-8,10,23H,3-5,14H2,1-2H3,(H2,15,18)(H,16,20)(H,17,19)(H,21,22). The molecule has 0 spiro atoms. The number of carboxylic acids is 1. The second kappa shape index (κ2) is 10.1. The first-order valence-electron chi connectivity index (χ1n) is 7.08. The summed E-state index contributed by atoms with van der Waals surface area (Å²) >= 11 is 3.90. The third-order valence-corrected chi connectivity index (χ3v) is 3.47. The molecule has 3 amide bonds. The van der Waals surface area contributed by atoms with Crippen LogP contribution in [0.25, 0.3) is 0 Å². The van der Waals surface area contributed by atoms with Gasteiger partial charge in [0.25, 0.3) is 0 Å². The van der Waals surface area contributed by atoms with Gasteiger partial charge in [-0.3, -0.25) is 14.4 Å². The average molecular weight is 348 g/mol. The summed E-state index contributed by atoms with van der Waals surface area (Å²) in [5, 5.41) is 13.8. The van der Waals surface area contributed by atoms with Crippen molar-refractivity contribution >= 4 is 36.3 Å². The number of hydrogen-bond donors (Lipinski definition) is 6. The summed E-state index contributed by atoms with van der Waals surface area (Å²) in [6.45, 7) is 3.38. The lowest BCUT2D eigenvalue weighted by atomic mass is 10.0. The molecule has 132 valence electrons. The molecule has 0 aliphatic heterocycles. The van der Waals surface area contributed by atoms with Gasteiger partial charge < -0.3 is 27.2 Å². The molecule has 0 rings (SSSR count). The molecule has 0 aromatic heterocycles. The van der Waals surface area contributed by atoms with Crippen molar-refractivity contribution in [3.8, 4) is 0 Å². The number of primary amides is 1. The summed E-state index contributed by atoms with van der Waals surface area (Å²) in [4.78, 5) is 45.9. The molecule has 0 aromatic carbocycles. The number of rotatable bonds is 10. The molecule has 10 heteroatoms. The van der Waals surface area contributed by atoms with Gasteiger partial charge in [-0.2, -0.15) is 12.6 Å². The molecule has 9 nitrogen and oxygen atoms in total. The number of amides is 3. The lowest BCUT2D eigenvalue weighted by Gasteiger charge is -2.25. The fourth-order valence-corrected chi connectivity index (χ4v) is 1.85. The van der Waals surface area contributed by atoms with Crippen LogP contribution in [-0.2, 0) is 19.2 Å². The van der Waals surface area contributed by atoms with E-state index in [1.54, 1.807) is 13.8 Å². The third-order valence-electron chi connectivity index (χ3n) is 3.07. The summed E-state index contributed by atoms with van der Waals surface area (Å²) in [6, 6.07) is -3.10. The van der Waals surface area contributed by atoms with Crippen molar-refractivity contribution in [3.05, 3.63) is 0 Å². The van der Waals surface area contributed by atoms with Gasteiger partial charge >= 0.3 is 5.97 Å². The van der Waals surface area contributed by atoms with Gasteiger partial charge in [0, 0.05) is 12.2 Å². The minimum atomic E-state index is -1.29. The Morgan fingerprint density at radius 2 is 1.70 bits per heavy atom. The van der Waals surface area contributed by atoms with Gasteiger partial charge in [-0.25, -0.2) is 4.79 Å². The highest BCUT2D eigenvalue weighted by Gasteiger charge is 2.29. The second-order valence-electron chi connectivity index (χ2n) is 5.42. The molecule has 7 N–H and O–H groups in total. The zero-order valence-corrected chi connectivity index (χ0v) is 14.0. The molecule has 23 heavy (non-hydrogen) atoms. The van der Waals surface area contributed by atoms with Crippen molar-refractivity contribution in [1.29, 1.82) is 0 Å². The summed E-state index contributed by atoms with van der Waals surface area (Å²) in [5.41, 5.74) is 10.5. The Balaban J connectivity index is 4.91. The Labute approximate surface area is 139 Å². The SMILES string of the molecule is CC(C)C(NC(=O)C(N)CS)C(=O)NC(CCC(N)=O)C(=O)O. The minimum Gasteiger partial charge on any atom is -0.480 e. The highest BCUT2D eigenvalue weighted by atomic mass is 32.1. The maximum absolute atomic E-state index is 12.2. The van der Waals surface area contributed by atoms with Crippen LogP contribution >= 0.6 is 12.6 Å². The van der Waals surface area contributed by atoms with E-state index in [9.17, 15) is 19.2 Å². The monoisotopic (exact) mass is 348 g/mol. The summed E-state index contributed by atoms with van der Waals surface area (Å²) in [7, 11) is 0. The fourth-order valence-electron chi connectivity index (χ4n) is 1.68. The smallest absolute Gasteiger partial charge is 0.326 e. The molecule has 0 saturated heterocycles.